The molecule has 8 nitrogen and oxygen atoms in total. The van der Waals surface area contributed by atoms with Crippen LogP contribution in [-0.4, -0.2) is 52.7 Å². The standard InChI is InChI=1S/C9H15N5O3/c10-8(16)14(12-4-2-1-3-5-12)13-7(15)6-11-9(13)17/h1-6H2,(H2,10,16)(H,11,17). The van der Waals surface area contributed by atoms with Crippen LogP contribution >= 0.6 is 0 Å². The van der Waals surface area contributed by atoms with Crippen LogP contribution in [0.15, 0.2) is 0 Å². The third-order valence-corrected chi connectivity index (χ3v) is 2.81. The normalized spacial score (nSPS) is 21.5. The number of carbonyl (C=O) groups is 3. The fraction of sp³-hybridized carbons (Fsp3) is 0.667. The predicted molar refractivity (Wildman–Crippen MR) is 57.1 cm³/mol. The molecule has 0 radical (unpaired) electrons. The molecule has 0 unspecified atom stereocenters. The Hall–Kier alpha value is -1.83. The maximum atomic E-state index is 11.5. The molecule has 0 aromatic rings. The molecule has 17 heavy (non-hydrogen) atoms. The molecule has 3 N–H and O–H groups in total. The lowest BCUT2D eigenvalue weighted by molar-refractivity contribution is -0.156. The van der Waals surface area contributed by atoms with Gasteiger partial charge < -0.3 is 11.1 Å². The van der Waals surface area contributed by atoms with Crippen molar-refractivity contribution in [1.29, 1.82) is 0 Å². The smallest absolute Gasteiger partial charge is 0.349 e. The molecule has 0 aromatic heterocycles. The van der Waals surface area contributed by atoms with Crippen molar-refractivity contribution in [3.05, 3.63) is 0 Å². The number of piperidine rings is 1. The number of nitrogens with zero attached hydrogens (tertiary/aromatic N) is 3. The minimum atomic E-state index is -0.822. The van der Waals surface area contributed by atoms with Crippen molar-refractivity contribution in [2.75, 3.05) is 19.6 Å². The minimum Gasteiger partial charge on any atom is -0.349 e. The lowest BCUT2D eigenvalue weighted by atomic mass is 10.2. The van der Waals surface area contributed by atoms with Gasteiger partial charge in [-0.15, -0.1) is 10.1 Å². The van der Waals surface area contributed by atoms with E-state index in [0.29, 0.717) is 13.1 Å². The number of nitrogens with one attached hydrogen (secondary N) is 1. The Morgan fingerprint density at radius 1 is 1.24 bits per heavy atom. The van der Waals surface area contributed by atoms with Crippen molar-refractivity contribution in [3.63, 3.8) is 0 Å². The fourth-order valence-electron chi connectivity index (χ4n) is 2.04. The number of hydrogen-bond acceptors (Lipinski definition) is 4. The highest BCUT2D eigenvalue weighted by atomic mass is 16.2. The van der Waals surface area contributed by atoms with Gasteiger partial charge in [0.05, 0.1) is 0 Å². The summed E-state index contributed by atoms with van der Waals surface area (Å²) in [5.74, 6) is -0.473. The third-order valence-electron chi connectivity index (χ3n) is 2.81. The zero-order valence-corrected chi connectivity index (χ0v) is 9.39. The van der Waals surface area contributed by atoms with E-state index in [0.717, 1.165) is 29.4 Å². The average Bonchev–Trinajstić information content (AvgIpc) is 2.62. The first kappa shape index (κ1) is 11.6. The van der Waals surface area contributed by atoms with E-state index in [1.165, 1.54) is 0 Å². The van der Waals surface area contributed by atoms with Crippen LogP contribution in [0.5, 0.6) is 0 Å². The van der Waals surface area contributed by atoms with Crippen LogP contribution in [0.25, 0.3) is 0 Å². The maximum Gasteiger partial charge on any atom is 0.349 e. The molecule has 2 saturated heterocycles. The Labute approximate surface area is 98.2 Å². The molecule has 0 saturated carbocycles. The Morgan fingerprint density at radius 3 is 2.35 bits per heavy atom. The number of primary amides is 1. The van der Waals surface area contributed by atoms with Gasteiger partial charge >= 0.3 is 12.1 Å². The zero-order chi connectivity index (χ0) is 12.4. The molecule has 2 fully saturated rings. The second-order valence-corrected chi connectivity index (χ2v) is 4.01. The molecule has 2 aliphatic rings. The first-order valence-electron chi connectivity index (χ1n) is 5.56. The third kappa shape index (κ3) is 2.16. The summed E-state index contributed by atoms with van der Waals surface area (Å²) in [6.07, 6.45) is 2.89. The summed E-state index contributed by atoms with van der Waals surface area (Å²) in [5, 5.41) is 5.71. The van der Waals surface area contributed by atoms with Gasteiger partial charge in [0.2, 0.25) is 0 Å². The quantitative estimate of drug-likeness (QED) is 0.620. The number of imide groups is 1. The molecule has 0 aromatic carbocycles. The lowest BCUT2D eigenvalue weighted by Gasteiger charge is -2.38. The molecule has 2 rings (SSSR count). The van der Waals surface area contributed by atoms with Crippen LogP contribution < -0.4 is 11.1 Å². The molecule has 0 bridgehead atoms. The van der Waals surface area contributed by atoms with Crippen molar-refractivity contribution >= 4 is 18.0 Å². The monoisotopic (exact) mass is 241 g/mol. The van der Waals surface area contributed by atoms with Crippen molar-refractivity contribution in [2.45, 2.75) is 19.3 Å². The summed E-state index contributed by atoms with van der Waals surface area (Å²) in [6.45, 7) is 1.12. The Kier molecular flexibility index (Phi) is 3.14. The first-order valence-corrected chi connectivity index (χ1v) is 5.56. The predicted octanol–water partition coefficient (Wildman–Crippen LogP) is -0.765. The Balaban J connectivity index is 2.18. The van der Waals surface area contributed by atoms with Gasteiger partial charge in [-0.05, 0) is 12.8 Å². The number of amides is 5. The molecule has 0 aliphatic carbocycles. The highest BCUT2D eigenvalue weighted by Crippen LogP contribution is 2.15. The molecular weight excluding hydrogens is 226 g/mol. The number of hydrazine groups is 2. The Morgan fingerprint density at radius 2 is 1.88 bits per heavy atom. The van der Waals surface area contributed by atoms with Crippen molar-refractivity contribution in [3.8, 4) is 0 Å². The molecular formula is C9H15N5O3. The van der Waals surface area contributed by atoms with E-state index in [1.807, 2.05) is 0 Å². The average molecular weight is 241 g/mol. The van der Waals surface area contributed by atoms with Crippen LogP contribution in [0.2, 0.25) is 0 Å². The first-order chi connectivity index (χ1) is 8.11. The van der Waals surface area contributed by atoms with Crippen LogP contribution in [0.1, 0.15) is 19.3 Å². The van der Waals surface area contributed by atoms with Gasteiger partial charge in [0.1, 0.15) is 6.54 Å². The van der Waals surface area contributed by atoms with E-state index in [-0.39, 0.29) is 6.54 Å². The highest BCUT2D eigenvalue weighted by molar-refractivity contribution is 6.02. The van der Waals surface area contributed by atoms with E-state index in [2.05, 4.69) is 5.32 Å². The highest BCUT2D eigenvalue weighted by Gasteiger charge is 2.39. The molecule has 5 amide bonds. The van der Waals surface area contributed by atoms with Crippen LogP contribution in [0.3, 0.4) is 0 Å². The maximum absolute atomic E-state index is 11.5. The van der Waals surface area contributed by atoms with Gasteiger partial charge in [0.25, 0.3) is 5.91 Å². The van der Waals surface area contributed by atoms with Gasteiger partial charge in [-0.2, -0.15) is 5.01 Å². The topological polar surface area (TPSA) is 99.0 Å². The molecule has 94 valence electrons. The van der Waals surface area contributed by atoms with Crippen LogP contribution in [0.4, 0.5) is 9.59 Å². The fourth-order valence-corrected chi connectivity index (χ4v) is 2.04. The van der Waals surface area contributed by atoms with Gasteiger partial charge in [-0.3, -0.25) is 4.79 Å². The van der Waals surface area contributed by atoms with Crippen LogP contribution in [-0.2, 0) is 4.79 Å². The van der Waals surface area contributed by atoms with E-state index in [4.69, 9.17) is 5.73 Å². The van der Waals surface area contributed by atoms with Crippen molar-refractivity contribution < 1.29 is 14.4 Å². The SMILES string of the molecule is NC(=O)N(N1CCCCC1)N1C(=O)CNC1=O. The van der Waals surface area contributed by atoms with Crippen molar-refractivity contribution in [1.82, 2.24) is 20.5 Å². The van der Waals surface area contributed by atoms with Gasteiger partial charge in [-0.25, -0.2) is 9.59 Å². The second-order valence-electron chi connectivity index (χ2n) is 4.01. The number of carbonyl (C=O) groups excluding carboxylic acids is 3. The van der Waals surface area contributed by atoms with Gasteiger partial charge in [0.15, 0.2) is 0 Å². The molecule has 2 heterocycles. The van der Waals surface area contributed by atoms with Gasteiger partial charge in [0, 0.05) is 13.1 Å². The molecule has 0 atom stereocenters. The minimum absolute atomic E-state index is 0.101. The van der Waals surface area contributed by atoms with Gasteiger partial charge in [-0.1, -0.05) is 6.42 Å². The van der Waals surface area contributed by atoms with E-state index >= 15 is 0 Å². The van der Waals surface area contributed by atoms with E-state index in [1.54, 1.807) is 5.01 Å². The molecule has 8 heteroatoms. The van der Waals surface area contributed by atoms with E-state index in [9.17, 15) is 14.4 Å². The summed E-state index contributed by atoms with van der Waals surface area (Å²) in [7, 11) is 0. The summed E-state index contributed by atoms with van der Waals surface area (Å²) in [6, 6.07) is -1.43. The lowest BCUT2D eigenvalue weighted by Crippen LogP contribution is -2.61. The van der Waals surface area contributed by atoms with E-state index < -0.39 is 18.0 Å². The summed E-state index contributed by atoms with van der Waals surface area (Å²) < 4.78 is 0. The van der Waals surface area contributed by atoms with Crippen LogP contribution in [0, 0.1) is 0 Å². The summed E-state index contributed by atoms with van der Waals surface area (Å²) in [4.78, 5) is 34.4. The Bertz CT molecular complexity index is 337. The number of hydrogen-bond donors (Lipinski definition) is 2. The zero-order valence-electron chi connectivity index (χ0n) is 9.39. The molecule has 2 aliphatic heterocycles. The number of rotatable bonds is 2. The summed E-state index contributed by atoms with van der Waals surface area (Å²) in [5.41, 5.74) is 5.24. The number of nitrogens with two attached hydrogens (primary N) is 1. The van der Waals surface area contributed by atoms with Crippen molar-refractivity contribution in [2.24, 2.45) is 5.73 Å². The number of urea groups is 2. The molecule has 0 spiro atoms. The largest absolute Gasteiger partial charge is 0.349 e. The summed E-state index contributed by atoms with van der Waals surface area (Å²) >= 11 is 0. The second kappa shape index (κ2) is 4.58.